The van der Waals surface area contributed by atoms with Gasteiger partial charge in [0.05, 0.1) is 10.4 Å². The minimum atomic E-state index is -3.85. The fraction of sp³-hybridized carbons (Fsp3) is 0.545. The van der Waals surface area contributed by atoms with E-state index in [9.17, 15) is 16.8 Å². The lowest BCUT2D eigenvalue weighted by Gasteiger charge is -2.22. The van der Waals surface area contributed by atoms with Crippen LogP contribution in [0.5, 0.6) is 0 Å². The van der Waals surface area contributed by atoms with Gasteiger partial charge in [0.25, 0.3) is 0 Å². The van der Waals surface area contributed by atoms with Crippen molar-refractivity contribution in [1.82, 2.24) is 9.71 Å². The summed E-state index contributed by atoms with van der Waals surface area (Å²) in [5.41, 5.74) is 5.68. The maximum absolute atomic E-state index is 12.2. The molecule has 0 radical (unpaired) electrons. The first-order valence-electron chi connectivity index (χ1n) is 5.84. The van der Waals surface area contributed by atoms with Crippen LogP contribution in [-0.4, -0.2) is 39.4 Å². The molecule has 0 spiro atoms. The van der Waals surface area contributed by atoms with Crippen LogP contribution in [0.25, 0.3) is 0 Å². The summed E-state index contributed by atoms with van der Waals surface area (Å²) >= 11 is 0. The highest BCUT2D eigenvalue weighted by Crippen LogP contribution is 2.17. The van der Waals surface area contributed by atoms with E-state index < -0.39 is 24.6 Å². The van der Waals surface area contributed by atoms with Crippen molar-refractivity contribution in [2.45, 2.75) is 30.0 Å². The van der Waals surface area contributed by atoms with Gasteiger partial charge in [0, 0.05) is 25.5 Å². The molecule has 3 N–H and O–H groups in total. The lowest BCUT2D eigenvalue weighted by molar-refractivity contribution is 0.536. The first-order valence-corrected chi connectivity index (χ1v) is 9.22. The SMILES string of the molecule is CC(C)(CNS(=O)(=O)c1cccnc1CN)S(C)(=O)=O. The summed E-state index contributed by atoms with van der Waals surface area (Å²) in [6, 6.07) is 2.86. The third kappa shape index (κ3) is 3.75. The van der Waals surface area contributed by atoms with Crippen LogP contribution in [0.2, 0.25) is 0 Å². The molecule has 9 heteroatoms. The quantitative estimate of drug-likeness (QED) is 0.738. The number of rotatable bonds is 6. The summed E-state index contributed by atoms with van der Waals surface area (Å²) in [4.78, 5) is 3.86. The van der Waals surface area contributed by atoms with Crippen molar-refractivity contribution < 1.29 is 16.8 Å². The molecule has 0 aliphatic heterocycles. The zero-order chi connectivity index (χ0) is 15.6. The van der Waals surface area contributed by atoms with E-state index in [4.69, 9.17) is 5.73 Å². The summed E-state index contributed by atoms with van der Waals surface area (Å²) in [6.07, 6.45) is 2.51. The van der Waals surface area contributed by atoms with Crippen LogP contribution in [0.1, 0.15) is 19.5 Å². The van der Waals surface area contributed by atoms with E-state index in [1.165, 1.54) is 32.2 Å². The van der Waals surface area contributed by atoms with Gasteiger partial charge in [-0.15, -0.1) is 0 Å². The van der Waals surface area contributed by atoms with Gasteiger partial charge >= 0.3 is 0 Å². The Labute approximate surface area is 119 Å². The van der Waals surface area contributed by atoms with Crippen molar-refractivity contribution >= 4 is 19.9 Å². The van der Waals surface area contributed by atoms with Gasteiger partial charge in [-0.1, -0.05) is 0 Å². The molecule has 0 aliphatic carbocycles. The molecular weight excluding hydrogens is 302 g/mol. The average Bonchev–Trinajstić information content (AvgIpc) is 2.35. The Bertz CT molecular complexity index is 681. The van der Waals surface area contributed by atoms with Crippen molar-refractivity contribution in [1.29, 1.82) is 0 Å². The van der Waals surface area contributed by atoms with Crippen LogP contribution >= 0.6 is 0 Å². The van der Waals surface area contributed by atoms with E-state index in [2.05, 4.69) is 9.71 Å². The van der Waals surface area contributed by atoms with Gasteiger partial charge in [0.15, 0.2) is 9.84 Å². The van der Waals surface area contributed by atoms with Gasteiger partial charge in [-0.05, 0) is 26.0 Å². The van der Waals surface area contributed by atoms with Gasteiger partial charge in [0.1, 0.15) is 4.90 Å². The number of sulfonamides is 1. The predicted molar refractivity (Wildman–Crippen MR) is 76.2 cm³/mol. The number of nitrogens with two attached hydrogens (primary N) is 1. The van der Waals surface area contributed by atoms with Gasteiger partial charge in [0.2, 0.25) is 10.0 Å². The highest BCUT2D eigenvalue weighted by molar-refractivity contribution is 7.92. The standard InChI is InChI=1S/C11H19N3O4S2/c1-11(2,19(3,15)16)8-14-20(17,18)10-5-4-6-13-9(10)7-12/h4-6,14H,7-8,12H2,1-3H3. The molecule has 0 amide bonds. The molecule has 1 heterocycles. The van der Waals surface area contributed by atoms with Crippen molar-refractivity contribution in [3.63, 3.8) is 0 Å². The maximum Gasteiger partial charge on any atom is 0.242 e. The molecule has 0 saturated heterocycles. The van der Waals surface area contributed by atoms with Crippen LogP contribution in [0.15, 0.2) is 23.2 Å². The van der Waals surface area contributed by atoms with Crippen LogP contribution in [0.4, 0.5) is 0 Å². The topological polar surface area (TPSA) is 119 Å². The van der Waals surface area contributed by atoms with Gasteiger partial charge < -0.3 is 5.73 Å². The molecular formula is C11H19N3O4S2. The molecule has 0 aliphatic rings. The molecule has 0 fully saturated rings. The molecule has 1 aromatic rings. The summed E-state index contributed by atoms with van der Waals surface area (Å²) in [5.74, 6) is 0. The van der Waals surface area contributed by atoms with Crippen LogP contribution in [0.3, 0.4) is 0 Å². The fourth-order valence-electron chi connectivity index (χ4n) is 1.30. The summed E-state index contributed by atoms with van der Waals surface area (Å²) < 4.78 is 48.6. The second-order valence-corrected chi connectivity index (χ2v) is 9.39. The zero-order valence-corrected chi connectivity index (χ0v) is 13.3. The number of pyridine rings is 1. The molecule has 20 heavy (non-hydrogen) atoms. The number of hydrogen-bond donors (Lipinski definition) is 2. The van der Waals surface area contributed by atoms with E-state index >= 15 is 0 Å². The van der Waals surface area contributed by atoms with Gasteiger partial charge in [-0.2, -0.15) is 0 Å². The van der Waals surface area contributed by atoms with Crippen LogP contribution in [0, 0.1) is 0 Å². The summed E-state index contributed by atoms with van der Waals surface area (Å²) in [5, 5.41) is 0. The Morgan fingerprint density at radius 2 is 1.90 bits per heavy atom. The highest BCUT2D eigenvalue weighted by Gasteiger charge is 2.32. The molecule has 0 atom stereocenters. The molecule has 1 aromatic heterocycles. The Morgan fingerprint density at radius 3 is 2.40 bits per heavy atom. The summed E-state index contributed by atoms with van der Waals surface area (Å²) in [6.45, 7) is 2.66. The molecule has 0 aromatic carbocycles. The van der Waals surface area contributed by atoms with Crippen molar-refractivity contribution in [2.24, 2.45) is 5.73 Å². The molecule has 7 nitrogen and oxygen atoms in total. The Hall–Kier alpha value is -1.03. The second kappa shape index (κ2) is 5.76. The Balaban J connectivity index is 3.03. The number of sulfone groups is 1. The van der Waals surface area contributed by atoms with E-state index in [0.717, 1.165) is 6.26 Å². The van der Waals surface area contributed by atoms with Gasteiger partial charge in [-0.3, -0.25) is 4.98 Å². The molecule has 114 valence electrons. The molecule has 0 bridgehead atoms. The minimum Gasteiger partial charge on any atom is -0.325 e. The molecule has 0 saturated carbocycles. The van der Waals surface area contributed by atoms with Crippen molar-refractivity contribution in [3.8, 4) is 0 Å². The van der Waals surface area contributed by atoms with Crippen LogP contribution < -0.4 is 10.5 Å². The van der Waals surface area contributed by atoms with E-state index in [-0.39, 0.29) is 23.7 Å². The average molecular weight is 321 g/mol. The largest absolute Gasteiger partial charge is 0.325 e. The lowest BCUT2D eigenvalue weighted by atomic mass is 10.2. The minimum absolute atomic E-state index is 0.0213. The fourth-order valence-corrected chi connectivity index (χ4v) is 3.13. The zero-order valence-electron chi connectivity index (χ0n) is 11.6. The van der Waals surface area contributed by atoms with Crippen molar-refractivity contribution in [2.75, 3.05) is 12.8 Å². The number of nitrogens with zero attached hydrogens (tertiary/aromatic N) is 1. The van der Waals surface area contributed by atoms with E-state index in [1.54, 1.807) is 0 Å². The third-order valence-electron chi connectivity index (χ3n) is 3.02. The number of aromatic nitrogens is 1. The maximum atomic E-state index is 12.2. The van der Waals surface area contributed by atoms with E-state index in [1.807, 2.05) is 0 Å². The third-order valence-corrected chi connectivity index (χ3v) is 6.65. The second-order valence-electron chi connectivity index (χ2n) is 5.01. The molecule has 0 unspecified atom stereocenters. The smallest absolute Gasteiger partial charge is 0.242 e. The first kappa shape index (κ1) is 17.0. The molecule has 1 rings (SSSR count). The lowest BCUT2D eigenvalue weighted by Crippen LogP contribution is -2.43. The Morgan fingerprint density at radius 1 is 1.30 bits per heavy atom. The number of nitrogens with one attached hydrogen (secondary N) is 1. The monoisotopic (exact) mass is 321 g/mol. The van der Waals surface area contributed by atoms with Crippen LogP contribution in [-0.2, 0) is 26.4 Å². The first-order chi connectivity index (χ1) is 9.01. The summed E-state index contributed by atoms with van der Waals surface area (Å²) in [7, 11) is -7.24. The van der Waals surface area contributed by atoms with E-state index in [0.29, 0.717) is 0 Å². The van der Waals surface area contributed by atoms with Gasteiger partial charge in [-0.25, -0.2) is 21.6 Å². The van der Waals surface area contributed by atoms with Crippen molar-refractivity contribution in [3.05, 3.63) is 24.0 Å². The predicted octanol–water partition coefficient (Wildman–Crippen LogP) is -0.358. The Kier molecular flexibility index (Phi) is 4.90. The highest BCUT2D eigenvalue weighted by atomic mass is 32.2. The number of hydrogen-bond acceptors (Lipinski definition) is 6. The normalized spacial score (nSPS) is 13.4.